The Morgan fingerprint density at radius 1 is 0.415 bits per heavy atom. The minimum absolute atomic E-state index is 0.0339. The number of phenols is 1. The molecule has 0 bridgehead atoms. The van der Waals surface area contributed by atoms with Gasteiger partial charge in [0.1, 0.15) is 57.2 Å². The van der Waals surface area contributed by atoms with Gasteiger partial charge in [-0.05, 0) is 200 Å². The zero-order chi connectivity index (χ0) is 82.1. The predicted octanol–water partition coefficient (Wildman–Crippen LogP) is 13.6. The number of rotatable bonds is 16. The third kappa shape index (κ3) is 15.9. The fourth-order valence-electron chi connectivity index (χ4n) is 15.5. The Labute approximate surface area is 689 Å². The molecular formula is C89H93N21O7S. The first kappa shape index (κ1) is 80.0. The van der Waals surface area contributed by atoms with Crippen LogP contribution in [0.25, 0.3) is 51.2 Å². The van der Waals surface area contributed by atoms with Crippen LogP contribution in [0.4, 0.5) is 52.2 Å². The molecule has 0 atom stereocenters. The smallest absolute Gasteiger partial charge is 0.251 e. The van der Waals surface area contributed by atoms with Crippen LogP contribution >= 0.6 is 12.2 Å². The van der Waals surface area contributed by atoms with Crippen molar-refractivity contribution in [2.24, 2.45) is 0 Å². The maximum Gasteiger partial charge on any atom is 0.251 e. The van der Waals surface area contributed by atoms with Crippen LogP contribution in [-0.2, 0) is 48.0 Å². The highest BCUT2D eigenvalue weighted by Gasteiger charge is 2.33. The molecule has 5 N–H and O–H groups in total. The van der Waals surface area contributed by atoms with Gasteiger partial charge in [-0.1, -0.05) is 24.4 Å². The Kier molecular flexibility index (Phi) is 24.3. The van der Waals surface area contributed by atoms with Crippen LogP contribution in [0.15, 0.2) is 177 Å². The molecule has 6 aliphatic rings. The summed E-state index contributed by atoms with van der Waals surface area (Å²) in [6.45, 7) is 20.8. The number of ether oxygens (including phenoxy) is 3. The van der Waals surface area contributed by atoms with Gasteiger partial charge in [0, 0.05) is 174 Å². The van der Waals surface area contributed by atoms with E-state index < -0.39 is 0 Å². The summed E-state index contributed by atoms with van der Waals surface area (Å²) in [6, 6.07) is 35.1. The lowest BCUT2D eigenvalue weighted by Crippen LogP contribution is -2.32. The standard InChI is InChI=1S/C27H26N6O2.C19H21N5O.C18H19N5O.C16H18N4OS.C9H9NO2/c1-3-32-24-21(25-30-15-17(2)33(25)22-7-5-11-28-26(22)32)14-18(16-31-24)10-13-35-23-8-4-6-20-19(23)9-12-29-27(20)34;1-4-23-17-15(10-14(12-22-17)7-9-25-3)18-21-11-13(2)24(18)16-6-5-8-20-19(16)23;1-3-22-16-14(9-13(6-8-24)11-21-16)17-20-10-12(2)23(17)15-5-4-7-19-18(15)22;1-3-20-14-12(9-11(10-18-14)6-8-21-2)16(22)19-13-5-4-7-17-15(13)20;11-8-3-1-2-7-6(8)4-5-10-9(7)12/h4-8,11,14-16H,3,9-10,12-13H2,1-2H3,(H,29,34);5-6,8,10-12H,4,7,9H2,1-3H3;4-5,7,9-11,24H,3,6,8H2,1-2H3;4-5,7,9-10H,3,6,8H2,1-2H3,(H,19,22);1-3,11H,4-5H2,(H,10,12). The molecule has 118 heavy (non-hydrogen) atoms. The first-order valence-electron chi connectivity index (χ1n) is 39.7. The van der Waals surface area contributed by atoms with Crippen LogP contribution in [0.5, 0.6) is 11.5 Å². The average molecular weight is 1600 g/mol. The van der Waals surface area contributed by atoms with Gasteiger partial charge in [-0.25, -0.2) is 54.8 Å². The van der Waals surface area contributed by atoms with Crippen molar-refractivity contribution in [3.8, 4) is 62.7 Å². The highest BCUT2D eigenvalue weighted by molar-refractivity contribution is 7.81. The van der Waals surface area contributed by atoms with Crippen LogP contribution in [0.1, 0.15) is 104 Å². The summed E-state index contributed by atoms with van der Waals surface area (Å²) in [5.41, 5.74) is 18.4. The quantitative estimate of drug-likeness (QED) is 0.0561. The van der Waals surface area contributed by atoms with Crippen molar-refractivity contribution in [3.63, 3.8) is 0 Å². The molecule has 17 heterocycles. The molecule has 19 rings (SSSR count). The molecule has 0 fully saturated rings. The van der Waals surface area contributed by atoms with E-state index in [0.717, 1.165) is 211 Å². The fourth-order valence-corrected chi connectivity index (χ4v) is 15.8. The van der Waals surface area contributed by atoms with Crippen molar-refractivity contribution in [2.45, 2.75) is 87.0 Å². The number of aromatic nitrogens is 14. The monoisotopic (exact) mass is 1600 g/mol. The van der Waals surface area contributed by atoms with Gasteiger partial charge in [0.25, 0.3) is 11.8 Å². The van der Waals surface area contributed by atoms with Crippen LogP contribution in [0, 0.1) is 20.8 Å². The minimum atomic E-state index is -0.0906. The van der Waals surface area contributed by atoms with E-state index in [4.69, 9.17) is 41.4 Å². The van der Waals surface area contributed by atoms with Gasteiger partial charge in [-0.2, -0.15) is 0 Å². The highest BCUT2D eigenvalue weighted by Crippen LogP contribution is 2.45. The summed E-state index contributed by atoms with van der Waals surface area (Å²) in [4.78, 5) is 83.9. The number of imidazole rings is 3. The molecule has 0 radical (unpaired) electrons. The van der Waals surface area contributed by atoms with E-state index in [1.165, 1.54) is 0 Å². The van der Waals surface area contributed by atoms with E-state index in [0.29, 0.717) is 68.3 Å². The topological polar surface area (TPSA) is 308 Å². The predicted molar refractivity (Wildman–Crippen MR) is 460 cm³/mol. The second kappa shape index (κ2) is 35.9. The molecule has 0 spiro atoms. The number of hydrogen-bond donors (Lipinski definition) is 5. The van der Waals surface area contributed by atoms with Crippen LogP contribution in [-0.4, -0.2) is 175 Å². The first-order chi connectivity index (χ1) is 57.7. The van der Waals surface area contributed by atoms with Gasteiger partial charge < -0.3 is 60.0 Å². The van der Waals surface area contributed by atoms with Gasteiger partial charge in [0.2, 0.25) is 0 Å². The second-order valence-corrected chi connectivity index (χ2v) is 28.9. The number of anilines is 9. The highest BCUT2D eigenvalue weighted by atomic mass is 32.1. The zero-order valence-corrected chi connectivity index (χ0v) is 68.3. The van der Waals surface area contributed by atoms with Crippen molar-refractivity contribution < 1.29 is 34.0 Å². The number of fused-ring (bicyclic) bond motifs is 19. The zero-order valence-electron chi connectivity index (χ0n) is 67.5. The van der Waals surface area contributed by atoms with E-state index in [9.17, 15) is 19.8 Å². The lowest BCUT2D eigenvalue weighted by molar-refractivity contribution is 0.0937. The molecule has 2 aromatic carbocycles. The lowest BCUT2D eigenvalue weighted by atomic mass is 9.99. The Morgan fingerprint density at radius 3 is 1.23 bits per heavy atom. The third-order valence-corrected chi connectivity index (χ3v) is 21.5. The summed E-state index contributed by atoms with van der Waals surface area (Å²) < 4.78 is 22.9. The summed E-state index contributed by atoms with van der Waals surface area (Å²) >= 11 is 5.56. The maximum absolute atomic E-state index is 12.1. The number of amides is 2. The Morgan fingerprint density at radius 2 is 0.797 bits per heavy atom. The van der Waals surface area contributed by atoms with Gasteiger partial charge in [-0.3, -0.25) is 23.3 Å². The number of aromatic hydroxyl groups is 1. The number of nitrogens with one attached hydrogen (secondary N) is 3. The van der Waals surface area contributed by atoms with Gasteiger partial charge in [0.15, 0.2) is 23.3 Å². The molecular weight excluding hydrogens is 1510 g/mol. The molecule has 6 aliphatic heterocycles. The number of hydrogen-bond acceptors (Lipinski definition) is 23. The molecule has 2 amide bonds. The Bertz CT molecular complexity index is 5890. The van der Waals surface area contributed by atoms with Crippen LogP contribution in [0.3, 0.4) is 0 Å². The molecule has 29 heteroatoms. The number of aliphatic hydroxyl groups is 1. The van der Waals surface area contributed by atoms with Gasteiger partial charge in [0.05, 0.1) is 64.8 Å². The molecule has 0 aliphatic carbocycles. The third-order valence-electron chi connectivity index (χ3n) is 21.2. The van der Waals surface area contributed by atoms with E-state index in [-0.39, 0.29) is 24.2 Å². The van der Waals surface area contributed by atoms with Crippen molar-refractivity contribution in [3.05, 3.63) is 245 Å². The number of phenolic OH excluding ortho intramolecular Hbond substituents is 1. The van der Waals surface area contributed by atoms with Crippen LogP contribution in [0.2, 0.25) is 0 Å². The average Bonchev–Trinajstić information content (AvgIpc) is 1.61. The van der Waals surface area contributed by atoms with Crippen molar-refractivity contribution in [1.82, 2.24) is 79.2 Å². The summed E-state index contributed by atoms with van der Waals surface area (Å²) in [7, 11) is 3.41. The molecule has 11 aromatic heterocycles. The minimum Gasteiger partial charge on any atom is -0.508 e. The molecule has 0 saturated carbocycles. The number of methoxy groups -OCH3 is 2. The van der Waals surface area contributed by atoms with Gasteiger partial charge in [-0.15, -0.1) is 0 Å². The molecule has 13 aromatic rings. The van der Waals surface area contributed by atoms with Crippen molar-refractivity contribution in [2.75, 3.05) is 105 Å². The Hall–Kier alpha value is -13.2. The number of carbonyl (C=O) groups excluding carboxylic acids is 2. The number of thiocarbonyl (C=S) groups is 1. The van der Waals surface area contributed by atoms with Crippen molar-refractivity contribution >= 4 is 81.3 Å². The SMILES string of the molecule is CCN1c2ncc(CCO)cc2-c2ncc(C)n2-c2cccnc21.CCN1c2ncc(CCOC)cc2-c2ncc(C)n2-c2cccnc21.CCN1c2ncc(CCOc3cccc4c3CCNC4=O)cc2-c2ncc(C)n2-c2cccnc21.CCN1c2ncccc2NC(=S)c2cc(CCOC)cnc21.O=C1NCCc2c(O)cccc21. The summed E-state index contributed by atoms with van der Waals surface area (Å²) in [5.74, 6) is 10.5. The number of benzene rings is 2. The largest absolute Gasteiger partial charge is 0.508 e. The number of aliphatic hydroxyl groups excluding tert-OH is 1. The number of aryl methyl sites for hydroxylation is 3. The number of nitrogens with zero attached hydrogens (tertiary/aromatic N) is 18. The molecule has 602 valence electrons. The number of carbonyl (C=O) groups is 2. The maximum atomic E-state index is 12.1. The normalized spacial score (nSPS) is 13.2. The van der Waals surface area contributed by atoms with E-state index >= 15 is 0 Å². The van der Waals surface area contributed by atoms with E-state index in [2.05, 4.69) is 173 Å². The first-order valence-corrected chi connectivity index (χ1v) is 40.1. The lowest BCUT2D eigenvalue weighted by Gasteiger charge is -2.22. The summed E-state index contributed by atoms with van der Waals surface area (Å²) in [5, 5.41) is 27.5. The fraction of sp³-hybridized carbons (Fsp3) is 0.281. The molecule has 0 unspecified atom stereocenters. The van der Waals surface area contributed by atoms with Gasteiger partial charge >= 0.3 is 0 Å². The summed E-state index contributed by atoms with van der Waals surface area (Å²) in [6.07, 6.45) is 24.8. The van der Waals surface area contributed by atoms with Crippen molar-refractivity contribution in [1.29, 1.82) is 0 Å². The van der Waals surface area contributed by atoms with E-state index in [1.807, 2.05) is 111 Å². The Balaban J connectivity index is 0.000000119. The van der Waals surface area contributed by atoms with Crippen LogP contribution < -0.4 is 40.3 Å². The molecule has 28 nitrogen and oxygen atoms in total. The number of pyridine rings is 8. The molecule has 0 saturated heterocycles. The second-order valence-electron chi connectivity index (χ2n) is 28.5. The van der Waals surface area contributed by atoms with E-state index in [1.54, 1.807) is 44.8 Å².